The van der Waals surface area contributed by atoms with Gasteiger partial charge in [0.1, 0.15) is 0 Å². The number of nitrogens with zero attached hydrogens (tertiary/aromatic N) is 2. The molecule has 1 fully saturated rings. The zero-order chi connectivity index (χ0) is 13.9. The fourth-order valence-electron chi connectivity index (χ4n) is 2.20. The molecule has 2 atom stereocenters. The summed E-state index contributed by atoms with van der Waals surface area (Å²) in [6.07, 6.45) is 0.964. The summed E-state index contributed by atoms with van der Waals surface area (Å²) in [7, 11) is 0. The van der Waals surface area contributed by atoms with E-state index in [2.05, 4.69) is 33.1 Å². The van der Waals surface area contributed by atoms with Gasteiger partial charge in [0, 0.05) is 12.0 Å². The molecule has 2 aromatic rings. The van der Waals surface area contributed by atoms with Gasteiger partial charge in [-0.2, -0.15) is 0 Å². The highest BCUT2D eigenvalue weighted by molar-refractivity contribution is 5.92. The van der Waals surface area contributed by atoms with Gasteiger partial charge in [-0.15, -0.1) is 10.2 Å². The van der Waals surface area contributed by atoms with Crippen molar-refractivity contribution in [1.82, 2.24) is 15.5 Å². The number of aromatic nitrogens is 2. The highest BCUT2D eigenvalue weighted by Gasteiger charge is 2.39. The van der Waals surface area contributed by atoms with E-state index in [0.717, 1.165) is 6.42 Å². The van der Waals surface area contributed by atoms with Crippen LogP contribution in [0.3, 0.4) is 0 Å². The number of hydrogen-bond acceptors (Lipinski definition) is 5. The lowest BCUT2D eigenvalue weighted by Crippen LogP contribution is -2.27. The smallest absolute Gasteiger partial charge is 0.272 e. The summed E-state index contributed by atoms with van der Waals surface area (Å²) in [5, 5.41) is 10.6. The van der Waals surface area contributed by atoms with Crippen LogP contribution in [0.25, 0.3) is 0 Å². The molecule has 1 aliphatic rings. The van der Waals surface area contributed by atoms with E-state index >= 15 is 0 Å². The Morgan fingerprint density at radius 1 is 1.15 bits per heavy atom. The molecule has 0 radical (unpaired) electrons. The van der Waals surface area contributed by atoms with Crippen LogP contribution in [0.1, 0.15) is 28.4 Å². The summed E-state index contributed by atoms with van der Waals surface area (Å²) in [4.78, 5) is 12.0. The van der Waals surface area contributed by atoms with E-state index in [-0.39, 0.29) is 11.9 Å². The third kappa shape index (κ3) is 2.60. The minimum atomic E-state index is -0.204. The number of nitrogen functional groups attached to an aromatic ring is 1. The van der Waals surface area contributed by atoms with E-state index in [0.29, 0.717) is 17.4 Å². The number of nitrogens with one attached hydrogen (secondary N) is 2. The normalized spacial score (nSPS) is 20.2. The van der Waals surface area contributed by atoms with Gasteiger partial charge in [-0.25, -0.2) is 5.84 Å². The highest BCUT2D eigenvalue weighted by Crippen LogP contribution is 2.40. The van der Waals surface area contributed by atoms with Crippen LogP contribution in [0.4, 0.5) is 5.82 Å². The van der Waals surface area contributed by atoms with Crippen molar-refractivity contribution in [2.24, 2.45) is 5.84 Å². The molecule has 20 heavy (non-hydrogen) atoms. The van der Waals surface area contributed by atoms with E-state index in [9.17, 15) is 4.79 Å². The fraction of sp³-hybridized carbons (Fsp3) is 0.214. The predicted octanol–water partition coefficient (Wildman–Crippen LogP) is 1.05. The van der Waals surface area contributed by atoms with Crippen LogP contribution in [-0.4, -0.2) is 22.1 Å². The van der Waals surface area contributed by atoms with E-state index < -0.39 is 0 Å². The van der Waals surface area contributed by atoms with Crippen molar-refractivity contribution in [3.05, 3.63) is 53.7 Å². The average Bonchev–Trinajstić information content (AvgIpc) is 3.27. The molecule has 0 aliphatic heterocycles. The topological polar surface area (TPSA) is 92.9 Å². The third-order valence-electron chi connectivity index (χ3n) is 3.38. The van der Waals surface area contributed by atoms with Gasteiger partial charge < -0.3 is 10.7 Å². The molecule has 102 valence electrons. The zero-order valence-electron chi connectivity index (χ0n) is 10.8. The van der Waals surface area contributed by atoms with Gasteiger partial charge in [0.2, 0.25) is 0 Å². The van der Waals surface area contributed by atoms with Crippen molar-refractivity contribution in [3.8, 4) is 0 Å². The van der Waals surface area contributed by atoms with E-state index in [1.807, 2.05) is 18.2 Å². The number of nitrogens with two attached hydrogens (primary N) is 1. The Hall–Kier alpha value is -2.47. The summed E-state index contributed by atoms with van der Waals surface area (Å²) < 4.78 is 0. The Bertz CT molecular complexity index is 599. The minimum absolute atomic E-state index is 0.180. The average molecular weight is 269 g/mol. The summed E-state index contributed by atoms with van der Waals surface area (Å²) in [5.41, 5.74) is 3.92. The summed E-state index contributed by atoms with van der Waals surface area (Å²) in [6.45, 7) is 0. The Morgan fingerprint density at radius 3 is 2.60 bits per heavy atom. The van der Waals surface area contributed by atoms with Crippen LogP contribution >= 0.6 is 0 Å². The van der Waals surface area contributed by atoms with Gasteiger partial charge in [-0.1, -0.05) is 30.3 Å². The quantitative estimate of drug-likeness (QED) is 0.570. The maximum absolute atomic E-state index is 12.0. The Kier molecular flexibility index (Phi) is 3.30. The monoisotopic (exact) mass is 269 g/mol. The number of amides is 1. The molecule has 1 saturated carbocycles. The Balaban J connectivity index is 1.60. The first-order chi connectivity index (χ1) is 9.78. The molecule has 4 N–H and O–H groups in total. The molecule has 3 rings (SSSR count). The molecule has 1 aliphatic carbocycles. The lowest BCUT2D eigenvalue weighted by Gasteiger charge is -2.04. The fourth-order valence-corrected chi connectivity index (χ4v) is 2.20. The molecule has 6 heteroatoms. The first-order valence-electron chi connectivity index (χ1n) is 6.44. The molecule has 1 aromatic heterocycles. The third-order valence-corrected chi connectivity index (χ3v) is 3.38. The molecule has 2 unspecified atom stereocenters. The van der Waals surface area contributed by atoms with Crippen LogP contribution in [-0.2, 0) is 0 Å². The van der Waals surface area contributed by atoms with Crippen molar-refractivity contribution in [3.63, 3.8) is 0 Å². The zero-order valence-corrected chi connectivity index (χ0v) is 10.8. The second-order valence-corrected chi connectivity index (χ2v) is 4.78. The van der Waals surface area contributed by atoms with Crippen LogP contribution in [0.15, 0.2) is 42.5 Å². The van der Waals surface area contributed by atoms with Gasteiger partial charge in [-0.3, -0.25) is 4.79 Å². The van der Waals surface area contributed by atoms with Crippen molar-refractivity contribution in [2.45, 2.75) is 18.4 Å². The minimum Gasteiger partial charge on any atom is -0.347 e. The van der Waals surface area contributed by atoms with Crippen LogP contribution in [0.5, 0.6) is 0 Å². The number of hydrazine groups is 1. The van der Waals surface area contributed by atoms with E-state index in [1.54, 1.807) is 12.1 Å². The summed E-state index contributed by atoms with van der Waals surface area (Å²) >= 11 is 0. The van der Waals surface area contributed by atoms with Crippen molar-refractivity contribution in [1.29, 1.82) is 0 Å². The second-order valence-electron chi connectivity index (χ2n) is 4.78. The number of hydrogen-bond donors (Lipinski definition) is 3. The molecular weight excluding hydrogens is 254 g/mol. The summed E-state index contributed by atoms with van der Waals surface area (Å²) in [5.74, 6) is 5.82. The molecule has 0 spiro atoms. The van der Waals surface area contributed by atoms with E-state index in [1.165, 1.54) is 5.56 Å². The largest absolute Gasteiger partial charge is 0.347 e. The highest BCUT2D eigenvalue weighted by atomic mass is 16.2. The Morgan fingerprint density at radius 2 is 1.95 bits per heavy atom. The first kappa shape index (κ1) is 12.6. The molecule has 1 heterocycles. The van der Waals surface area contributed by atoms with Crippen LogP contribution in [0, 0.1) is 0 Å². The van der Waals surface area contributed by atoms with Gasteiger partial charge in [0.25, 0.3) is 5.91 Å². The molecule has 0 bridgehead atoms. The van der Waals surface area contributed by atoms with Crippen molar-refractivity contribution >= 4 is 11.7 Å². The SMILES string of the molecule is NNc1ccc(C(=O)NC2CC2c2ccccc2)nn1. The van der Waals surface area contributed by atoms with Gasteiger partial charge in [-0.05, 0) is 24.1 Å². The maximum Gasteiger partial charge on any atom is 0.272 e. The number of benzene rings is 1. The van der Waals surface area contributed by atoms with Gasteiger partial charge in [0.15, 0.2) is 11.5 Å². The lowest BCUT2D eigenvalue weighted by atomic mass is 10.1. The lowest BCUT2D eigenvalue weighted by molar-refractivity contribution is 0.0944. The van der Waals surface area contributed by atoms with Gasteiger partial charge in [0.05, 0.1) is 0 Å². The Labute approximate surface area is 116 Å². The molecular formula is C14H15N5O. The van der Waals surface area contributed by atoms with Crippen molar-refractivity contribution in [2.75, 3.05) is 5.43 Å². The van der Waals surface area contributed by atoms with Crippen LogP contribution in [0.2, 0.25) is 0 Å². The van der Waals surface area contributed by atoms with E-state index in [4.69, 9.17) is 5.84 Å². The number of anilines is 1. The molecule has 1 amide bonds. The molecule has 1 aromatic carbocycles. The summed E-state index contributed by atoms with van der Waals surface area (Å²) in [6, 6.07) is 13.6. The molecule has 6 nitrogen and oxygen atoms in total. The van der Waals surface area contributed by atoms with Crippen molar-refractivity contribution < 1.29 is 4.79 Å². The maximum atomic E-state index is 12.0. The number of carbonyl (C=O) groups is 1. The second kappa shape index (κ2) is 5.26. The number of carbonyl (C=O) groups excluding carboxylic acids is 1. The number of rotatable bonds is 4. The van der Waals surface area contributed by atoms with Crippen LogP contribution < -0.4 is 16.6 Å². The predicted molar refractivity (Wildman–Crippen MR) is 74.9 cm³/mol. The standard InChI is InChI=1S/C14H15N5O/c15-17-13-7-6-11(18-19-13)14(20)16-12-8-10(12)9-4-2-1-3-5-9/h1-7,10,12H,8,15H2,(H,16,20)(H,17,19). The van der Waals surface area contributed by atoms with Gasteiger partial charge >= 0.3 is 0 Å². The first-order valence-corrected chi connectivity index (χ1v) is 6.44. The molecule has 0 saturated heterocycles.